The van der Waals surface area contributed by atoms with Crippen molar-refractivity contribution in [2.45, 2.75) is 12.0 Å². The van der Waals surface area contributed by atoms with Gasteiger partial charge in [0, 0.05) is 32.7 Å². The number of hydrogen-bond acceptors (Lipinski definition) is 4. The predicted octanol–water partition coefficient (Wildman–Crippen LogP) is 4.04. The number of carbonyl (C=O) groups excluding carboxylic acids is 1. The molecule has 2 atom stereocenters. The van der Waals surface area contributed by atoms with Gasteiger partial charge >= 0.3 is 6.03 Å². The fourth-order valence-corrected chi connectivity index (χ4v) is 4.20. The zero-order valence-electron chi connectivity index (χ0n) is 18.0. The van der Waals surface area contributed by atoms with Gasteiger partial charge in [-0.1, -0.05) is 35.9 Å². The predicted molar refractivity (Wildman–Crippen MR) is 122 cm³/mol. The van der Waals surface area contributed by atoms with Crippen molar-refractivity contribution in [3.8, 4) is 5.69 Å². The van der Waals surface area contributed by atoms with Crippen LogP contribution in [0.3, 0.4) is 0 Å². The van der Waals surface area contributed by atoms with Crippen LogP contribution in [0.4, 0.5) is 19.4 Å². The highest BCUT2D eigenvalue weighted by Crippen LogP contribution is 2.29. The van der Waals surface area contributed by atoms with Crippen molar-refractivity contribution in [3.63, 3.8) is 0 Å². The number of hydrogen-bond donors (Lipinski definition) is 2. The summed E-state index contributed by atoms with van der Waals surface area (Å²) in [7, 11) is 1.62. The van der Waals surface area contributed by atoms with Crippen LogP contribution in [0.5, 0.6) is 0 Å². The van der Waals surface area contributed by atoms with Gasteiger partial charge in [-0.05, 0) is 29.8 Å². The Balaban J connectivity index is 1.52. The molecule has 1 aromatic heterocycles. The Morgan fingerprint density at radius 2 is 1.97 bits per heavy atom. The van der Waals surface area contributed by atoms with E-state index >= 15 is 0 Å². The number of nitrogens with zero attached hydrogens (tertiary/aromatic N) is 3. The Hall–Kier alpha value is -3.01. The molecule has 7 nitrogen and oxygen atoms in total. The number of ether oxygens (including phenoxy) is 1. The van der Waals surface area contributed by atoms with Gasteiger partial charge in [-0.15, -0.1) is 0 Å². The van der Waals surface area contributed by atoms with Gasteiger partial charge < -0.3 is 10.1 Å². The molecule has 2 N–H and O–H groups in total. The van der Waals surface area contributed by atoms with E-state index in [0.717, 1.165) is 11.8 Å². The highest BCUT2D eigenvalue weighted by molar-refractivity contribution is 6.33. The molecule has 1 saturated heterocycles. The minimum absolute atomic E-state index is 0.225. The molecule has 174 valence electrons. The molecule has 10 heteroatoms. The zero-order chi connectivity index (χ0) is 23.4. The number of rotatable bonds is 7. The lowest BCUT2D eigenvalue weighted by Crippen LogP contribution is -2.42. The summed E-state index contributed by atoms with van der Waals surface area (Å²) in [4.78, 5) is 15.0. The summed E-state index contributed by atoms with van der Waals surface area (Å²) in [5, 5.41) is 10.3. The lowest BCUT2D eigenvalue weighted by atomic mass is 9.94. The van der Waals surface area contributed by atoms with Crippen LogP contribution < -0.4 is 10.6 Å². The number of amides is 2. The van der Waals surface area contributed by atoms with Crippen molar-refractivity contribution < 1.29 is 18.3 Å². The van der Waals surface area contributed by atoms with Crippen molar-refractivity contribution >= 4 is 23.4 Å². The van der Waals surface area contributed by atoms with Gasteiger partial charge in [-0.25, -0.2) is 18.3 Å². The molecule has 0 radical (unpaired) electrons. The summed E-state index contributed by atoms with van der Waals surface area (Å²) in [6.07, 6.45) is 1.45. The first-order valence-electron chi connectivity index (χ1n) is 10.5. The molecule has 0 bridgehead atoms. The van der Waals surface area contributed by atoms with E-state index < -0.39 is 17.7 Å². The number of halogens is 3. The van der Waals surface area contributed by atoms with Crippen LogP contribution >= 0.6 is 11.6 Å². The van der Waals surface area contributed by atoms with E-state index in [0.29, 0.717) is 42.6 Å². The van der Waals surface area contributed by atoms with Gasteiger partial charge in [0.1, 0.15) is 5.02 Å². The normalized spacial score (nSPS) is 18.4. The SMILES string of the molecule is COCCN1C[C@@H](NC(=O)Nc2c(Cl)cnn2-c2ccccc2)[C@H](c2ccc(F)c(F)c2)C1. The molecule has 33 heavy (non-hydrogen) atoms. The number of methoxy groups -OCH3 is 1. The second-order valence-corrected chi connectivity index (χ2v) is 8.23. The van der Waals surface area contributed by atoms with Crippen molar-refractivity contribution in [1.82, 2.24) is 20.0 Å². The highest BCUT2D eigenvalue weighted by atomic mass is 35.5. The minimum atomic E-state index is -0.912. The van der Waals surface area contributed by atoms with Crippen LogP contribution in [0.15, 0.2) is 54.7 Å². The number of urea groups is 1. The molecule has 0 spiro atoms. The second-order valence-electron chi connectivity index (χ2n) is 7.83. The highest BCUT2D eigenvalue weighted by Gasteiger charge is 2.35. The molecule has 1 aliphatic heterocycles. The van der Waals surface area contributed by atoms with E-state index in [9.17, 15) is 13.6 Å². The third-order valence-electron chi connectivity index (χ3n) is 5.65. The zero-order valence-corrected chi connectivity index (χ0v) is 18.7. The van der Waals surface area contributed by atoms with Gasteiger partial charge in [0.15, 0.2) is 17.5 Å². The number of likely N-dealkylation sites (tertiary alicyclic amines) is 1. The van der Waals surface area contributed by atoms with Gasteiger partial charge in [0.05, 0.1) is 24.5 Å². The van der Waals surface area contributed by atoms with Crippen molar-refractivity contribution in [2.24, 2.45) is 0 Å². The lowest BCUT2D eigenvalue weighted by molar-refractivity contribution is 0.159. The minimum Gasteiger partial charge on any atom is -0.383 e. The maximum atomic E-state index is 13.9. The third kappa shape index (κ3) is 5.32. The van der Waals surface area contributed by atoms with Crippen LogP contribution in [0.2, 0.25) is 5.02 Å². The average Bonchev–Trinajstić information content (AvgIpc) is 3.38. The van der Waals surface area contributed by atoms with Gasteiger partial charge in [0.2, 0.25) is 0 Å². The second kappa shape index (κ2) is 10.3. The molecule has 2 aromatic carbocycles. The van der Waals surface area contributed by atoms with Crippen molar-refractivity contribution in [1.29, 1.82) is 0 Å². The van der Waals surface area contributed by atoms with Crippen LogP contribution in [-0.4, -0.2) is 60.1 Å². The first-order chi connectivity index (χ1) is 16.0. The molecular weight excluding hydrogens is 452 g/mol. The number of anilines is 1. The van der Waals surface area contributed by atoms with Crippen LogP contribution in [-0.2, 0) is 4.74 Å². The van der Waals surface area contributed by atoms with E-state index in [4.69, 9.17) is 16.3 Å². The van der Waals surface area contributed by atoms with Crippen LogP contribution in [0, 0.1) is 11.6 Å². The summed E-state index contributed by atoms with van der Waals surface area (Å²) in [6.45, 7) is 2.28. The van der Waals surface area contributed by atoms with E-state index in [1.54, 1.807) is 13.2 Å². The lowest BCUT2D eigenvalue weighted by Gasteiger charge is -2.21. The monoisotopic (exact) mass is 475 g/mol. The largest absolute Gasteiger partial charge is 0.383 e. The summed E-state index contributed by atoms with van der Waals surface area (Å²) in [5.41, 5.74) is 1.36. The van der Waals surface area contributed by atoms with E-state index in [-0.39, 0.29) is 12.0 Å². The van der Waals surface area contributed by atoms with E-state index in [1.165, 1.54) is 16.9 Å². The Labute approximate surface area is 195 Å². The Morgan fingerprint density at radius 1 is 1.18 bits per heavy atom. The van der Waals surface area contributed by atoms with Gasteiger partial charge in [-0.2, -0.15) is 5.10 Å². The summed E-state index contributed by atoms with van der Waals surface area (Å²) < 4.78 is 34.0. The van der Waals surface area contributed by atoms with Gasteiger partial charge in [0.25, 0.3) is 0 Å². The first kappa shape index (κ1) is 23.2. The molecule has 0 aliphatic carbocycles. The summed E-state index contributed by atoms with van der Waals surface area (Å²) in [6, 6.07) is 12.3. The molecule has 4 rings (SSSR count). The molecule has 2 amide bonds. The molecular formula is C23H24ClF2N5O2. The maximum Gasteiger partial charge on any atom is 0.320 e. The summed E-state index contributed by atoms with van der Waals surface area (Å²) >= 11 is 6.27. The molecule has 0 unspecified atom stereocenters. The number of para-hydroxylation sites is 1. The number of carbonyl (C=O) groups is 1. The molecule has 1 fully saturated rings. The Morgan fingerprint density at radius 3 is 2.70 bits per heavy atom. The quantitative estimate of drug-likeness (QED) is 0.541. The third-order valence-corrected chi connectivity index (χ3v) is 5.93. The fourth-order valence-electron chi connectivity index (χ4n) is 4.03. The van der Waals surface area contributed by atoms with Crippen molar-refractivity contribution in [2.75, 3.05) is 38.7 Å². The Kier molecular flexibility index (Phi) is 7.22. The first-order valence-corrected chi connectivity index (χ1v) is 10.9. The maximum absolute atomic E-state index is 13.9. The summed E-state index contributed by atoms with van der Waals surface area (Å²) in [5.74, 6) is -1.71. The topological polar surface area (TPSA) is 71.4 Å². The molecule has 3 aromatic rings. The van der Waals surface area contributed by atoms with Crippen LogP contribution in [0.1, 0.15) is 11.5 Å². The van der Waals surface area contributed by atoms with Crippen LogP contribution in [0.25, 0.3) is 5.69 Å². The fraction of sp³-hybridized carbons (Fsp3) is 0.304. The van der Waals surface area contributed by atoms with E-state index in [2.05, 4.69) is 20.6 Å². The molecule has 0 saturated carbocycles. The average molecular weight is 476 g/mol. The number of benzene rings is 2. The van der Waals surface area contributed by atoms with Crippen molar-refractivity contribution in [3.05, 3.63) is 76.9 Å². The number of nitrogens with one attached hydrogen (secondary N) is 2. The Bertz CT molecular complexity index is 1110. The smallest absolute Gasteiger partial charge is 0.320 e. The molecule has 1 aliphatic rings. The standard InChI is InChI=1S/C23H24ClF2N5O2/c1-33-10-9-30-13-17(15-7-8-19(25)20(26)11-15)21(14-30)28-23(32)29-22-18(24)12-27-31(22)16-5-3-2-4-6-16/h2-8,11-12,17,21H,9-10,13-14H2,1H3,(H2,28,29,32)/t17-,21+/m0/s1. The van der Waals surface area contributed by atoms with E-state index in [1.807, 2.05) is 30.3 Å². The van der Waals surface area contributed by atoms with Gasteiger partial charge in [-0.3, -0.25) is 10.2 Å². The number of aromatic nitrogens is 2. The molecule has 2 heterocycles.